The van der Waals surface area contributed by atoms with Gasteiger partial charge in [0.25, 0.3) is 0 Å². The first-order valence-corrected chi connectivity index (χ1v) is 6.18. The molecule has 1 aromatic rings. The number of pyridine rings is 1. The zero-order valence-electron chi connectivity index (χ0n) is 10.5. The third-order valence-corrected chi connectivity index (χ3v) is 2.96. The van der Waals surface area contributed by atoms with E-state index in [1.54, 1.807) is 6.26 Å². The van der Waals surface area contributed by atoms with Crippen molar-refractivity contribution in [2.45, 2.75) is 5.03 Å². The van der Waals surface area contributed by atoms with Crippen molar-refractivity contribution in [2.24, 2.45) is 0 Å². The monoisotopic (exact) mass is 281 g/mol. The van der Waals surface area contributed by atoms with Crippen LogP contribution in [0.5, 0.6) is 0 Å². The molecule has 0 aromatic carbocycles. The van der Waals surface area contributed by atoms with Gasteiger partial charge < -0.3 is 15.2 Å². The van der Waals surface area contributed by atoms with E-state index in [1.165, 1.54) is 0 Å². The SMILES string of the molecule is COC(=O)c1nc(SC)c(C#N)c(N)c1C(=O)OC. The summed E-state index contributed by atoms with van der Waals surface area (Å²) in [7, 11) is 2.29. The lowest BCUT2D eigenvalue weighted by molar-refractivity contribution is 0.0550. The summed E-state index contributed by atoms with van der Waals surface area (Å²) in [6.07, 6.45) is 1.67. The maximum Gasteiger partial charge on any atom is 0.357 e. The van der Waals surface area contributed by atoms with E-state index in [0.717, 1.165) is 26.0 Å². The second-order valence-corrected chi connectivity index (χ2v) is 4.02. The first-order valence-electron chi connectivity index (χ1n) is 4.95. The fraction of sp³-hybridized carbons (Fsp3) is 0.273. The van der Waals surface area contributed by atoms with E-state index in [-0.39, 0.29) is 27.5 Å². The van der Waals surface area contributed by atoms with Crippen LogP contribution in [0.15, 0.2) is 5.03 Å². The number of nitrogens with zero attached hydrogens (tertiary/aromatic N) is 2. The summed E-state index contributed by atoms with van der Waals surface area (Å²) < 4.78 is 9.09. The highest BCUT2D eigenvalue weighted by Crippen LogP contribution is 2.29. The van der Waals surface area contributed by atoms with Crippen LogP contribution in [0.1, 0.15) is 26.4 Å². The van der Waals surface area contributed by atoms with E-state index in [1.807, 2.05) is 6.07 Å². The molecule has 0 radical (unpaired) electrons. The average Bonchev–Trinajstić information content (AvgIpc) is 2.44. The number of nitrogens with two attached hydrogens (primary N) is 1. The van der Waals surface area contributed by atoms with Crippen LogP contribution in [0.2, 0.25) is 0 Å². The van der Waals surface area contributed by atoms with Crippen molar-refractivity contribution in [1.82, 2.24) is 4.98 Å². The first kappa shape index (κ1) is 14.8. The molecular weight excluding hydrogens is 270 g/mol. The molecule has 0 unspecified atom stereocenters. The Morgan fingerprint density at radius 3 is 2.32 bits per heavy atom. The highest BCUT2D eigenvalue weighted by molar-refractivity contribution is 7.98. The molecule has 8 heteroatoms. The summed E-state index contributed by atoms with van der Waals surface area (Å²) in [6.45, 7) is 0. The quantitative estimate of drug-likeness (QED) is 0.639. The number of hydrogen-bond acceptors (Lipinski definition) is 8. The number of methoxy groups -OCH3 is 2. The minimum absolute atomic E-state index is 0.0283. The van der Waals surface area contributed by atoms with Gasteiger partial charge in [-0.1, -0.05) is 0 Å². The molecule has 0 saturated carbocycles. The number of carbonyl (C=O) groups is 2. The zero-order chi connectivity index (χ0) is 14.6. The molecule has 0 aliphatic heterocycles. The fourth-order valence-electron chi connectivity index (χ4n) is 1.39. The van der Waals surface area contributed by atoms with E-state index >= 15 is 0 Å². The average molecular weight is 281 g/mol. The lowest BCUT2D eigenvalue weighted by Gasteiger charge is -2.12. The number of ether oxygens (including phenoxy) is 2. The topological polar surface area (TPSA) is 115 Å². The Balaban J connectivity index is 3.71. The lowest BCUT2D eigenvalue weighted by Crippen LogP contribution is -2.18. The summed E-state index contributed by atoms with van der Waals surface area (Å²) >= 11 is 1.13. The molecule has 0 aliphatic rings. The van der Waals surface area contributed by atoms with Crippen molar-refractivity contribution in [3.05, 3.63) is 16.8 Å². The molecule has 0 spiro atoms. The maximum atomic E-state index is 11.7. The van der Waals surface area contributed by atoms with Gasteiger partial charge in [-0.05, 0) is 6.26 Å². The number of thioether (sulfide) groups is 1. The maximum absolute atomic E-state index is 11.7. The molecule has 0 fully saturated rings. The van der Waals surface area contributed by atoms with E-state index in [2.05, 4.69) is 14.5 Å². The second kappa shape index (κ2) is 6.06. The Hall–Kier alpha value is -2.27. The van der Waals surface area contributed by atoms with Gasteiger partial charge in [0, 0.05) is 0 Å². The van der Waals surface area contributed by atoms with Crippen molar-refractivity contribution < 1.29 is 19.1 Å². The fourth-order valence-corrected chi connectivity index (χ4v) is 1.93. The van der Waals surface area contributed by atoms with Gasteiger partial charge in [0.05, 0.1) is 19.9 Å². The summed E-state index contributed by atoms with van der Waals surface area (Å²) in [5.41, 5.74) is 5.11. The van der Waals surface area contributed by atoms with Gasteiger partial charge in [-0.2, -0.15) is 5.26 Å². The second-order valence-electron chi connectivity index (χ2n) is 3.23. The standard InChI is InChI=1S/C11H11N3O4S/c1-17-10(15)6-7(13)5(4-12)9(19-3)14-8(6)11(16)18-2/h1-3H3,(H2,13,14). The van der Waals surface area contributed by atoms with Crippen molar-refractivity contribution in [1.29, 1.82) is 5.26 Å². The number of nitrogen functional groups attached to an aromatic ring is 1. The van der Waals surface area contributed by atoms with Gasteiger partial charge in [-0.25, -0.2) is 14.6 Å². The normalized spacial score (nSPS) is 9.58. The lowest BCUT2D eigenvalue weighted by atomic mass is 10.1. The molecule has 1 aromatic heterocycles. The Kier molecular flexibility index (Phi) is 4.72. The first-order chi connectivity index (χ1) is 9.01. The zero-order valence-corrected chi connectivity index (χ0v) is 11.3. The Morgan fingerprint density at radius 2 is 1.89 bits per heavy atom. The van der Waals surface area contributed by atoms with Crippen molar-refractivity contribution in [3.8, 4) is 6.07 Å². The van der Waals surface area contributed by atoms with Gasteiger partial charge in [-0.15, -0.1) is 11.8 Å². The van der Waals surface area contributed by atoms with Gasteiger partial charge in [0.15, 0.2) is 5.69 Å². The number of nitriles is 1. The molecule has 0 bridgehead atoms. The molecule has 2 N–H and O–H groups in total. The minimum atomic E-state index is -0.852. The molecule has 0 aliphatic carbocycles. The van der Waals surface area contributed by atoms with E-state index < -0.39 is 11.9 Å². The van der Waals surface area contributed by atoms with Crippen LogP contribution in [0.3, 0.4) is 0 Å². The molecule has 19 heavy (non-hydrogen) atoms. The Labute approximate surface area is 113 Å². The molecule has 0 atom stereocenters. The van der Waals surface area contributed by atoms with Gasteiger partial charge in [0.1, 0.15) is 22.2 Å². The largest absolute Gasteiger partial charge is 0.465 e. The number of rotatable bonds is 3. The third kappa shape index (κ3) is 2.61. The van der Waals surface area contributed by atoms with Crippen LogP contribution < -0.4 is 5.73 Å². The smallest absolute Gasteiger partial charge is 0.357 e. The summed E-state index contributed by atoms with van der Waals surface area (Å²) in [5.74, 6) is -1.68. The predicted octanol–water partition coefficient (Wildman–Crippen LogP) is 0.831. The van der Waals surface area contributed by atoms with E-state index in [9.17, 15) is 9.59 Å². The van der Waals surface area contributed by atoms with Gasteiger partial charge >= 0.3 is 11.9 Å². The van der Waals surface area contributed by atoms with Crippen molar-refractivity contribution >= 4 is 29.4 Å². The molecule has 0 amide bonds. The summed E-state index contributed by atoms with van der Waals surface area (Å²) in [5, 5.41) is 9.29. The molecule has 1 heterocycles. The number of aromatic nitrogens is 1. The van der Waals surface area contributed by atoms with Crippen molar-refractivity contribution in [2.75, 3.05) is 26.2 Å². The molecule has 100 valence electrons. The Bertz CT molecular complexity index is 580. The van der Waals surface area contributed by atoms with Crippen LogP contribution >= 0.6 is 11.8 Å². The summed E-state index contributed by atoms with van der Waals surface area (Å²) in [4.78, 5) is 27.3. The van der Waals surface area contributed by atoms with Crippen LogP contribution in [0, 0.1) is 11.3 Å². The molecule has 7 nitrogen and oxygen atoms in total. The van der Waals surface area contributed by atoms with Gasteiger partial charge in [0.2, 0.25) is 0 Å². The highest BCUT2D eigenvalue weighted by atomic mass is 32.2. The van der Waals surface area contributed by atoms with Crippen LogP contribution in [-0.4, -0.2) is 37.4 Å². The summed E-state index contributed by atoms with van der Waals surface area (Å²) in [6, 6.07) is 1.85. The van der Waals surface area contributed by atoms with Crippen LogP contribution in [0.25, 0.3) is 0 Å². The van der Waals surface area contributed by atoms with Gasteiger partial charge in [-0.3, -0.25) is 0 Å². The number of hydrogen-bond donors (Lipinski definition) is 1. The van der Waals surface area contributed by atoms with E-state index in [0.29, 0.717) is 0 Å². The molecular formula is C11H11N3O4S. The predicted molar refractivity (Wildman–Crippen MR) is 67.8 cm³/mol. The third-order valence-electron chi connectivity index (χ3n) is 2.28. The van der Waals surface area contributed by atoms with E-state index in [4.69, 9.17) is 11.0 Å². The van der Waals surface area contributed by atoms with Crippen molar-refractivity contribution in [3.63, 3.8) is 0 Å². The minimum Gasteiger partial charge on any atom is -0.465 e. The molecule has 0 saturated heterocycles. The number of carbonyl (C=O) groups excluding carboxylic acids is 2. The molecule has 1 rings (SSSR count). The Morgan fingerprint density at radius 1 is 1.32 bits per heavy atom. The number of anilines is 1. The highest BCUT2D eigenvalue weighted by Gasteiger charge is 2.27. The number of esters is 2. The van der Waals surface area contributed by atoms with Crippen LogP contribution in [0.4, 0.5) is 5.69 Å². The van der Waals surface area contributed by atoms with Crippen LogP contribution in [-0.2, 0) is 9.47 Å².